The second kappa shape index (κ2) is 7.89. The minimum atomic E-state index is -0.293. The molecule has 116 valence electrons. The monoisotopic (exact) mass is 355 g/mol. The Morgan fingerprint density at radius 3 is 2.76 bits per heavy atom. The molecule has 0 unspecified atom stereocenters. The Bertz CT molecular complexity index is 492. The first-order valence-electron chi connectivity index (χ1n) is 7.30. The molecule has 0 aromatic heterocycles. The summed E-state index contributed by atoms with van der Waals surface area (Å²) in [4.78, 5) is 13.9. The maximum atomic E-state index is 11.5. The molecule has 1 fully saturated rings. The van der Waals surface area contributed by atoms with Crippen molar-refractivity contribution in [2.75, 3.05) is 13.2 Å². The van der Waals surface area contributed by atoms with Crippen LogP contribution in [-0.2, 0) is 6.54 Å². The number of aliphatic hydroxyl groups excluding tert-OH is 1. The van der Waals surface area contributed by atoms with Gasteiger partial charge < -0.3 is 5.11 Å². The number of hydrazine groups is 1. The van der Waals surface area contributed by atoms with E-state index in [2.05, 4.69) is 26.3 Å². The highest BCUT2D eigenvalue weighted by molar-refractivity contribution is 9.10. The molecule has 0 bridgehead atoms. The van der Waals surface area contributed by atoms with Gasteiger partial charge in [-0.3, -0.25) is 15.1 Å². The normalized spacial score (nSPS) is 15.0. The average molecular weight is 356 g/mol. The van der Waals surface area contributed by atoms with E-state index in [1.807, 2.05) is 6.07 Å². The summed E-state index contributed by atoms with van der Waals surface area (Å²) in [5, 5.41) is 9.04. The smallest absolute Gasteiger partial charge is 0.265 e. The van der Waals surface area contributed by atoms with Crippen molar-refractivity contribution in [1.29, 1.82) is 0 Å². The van der Waals surface area contributed by atoms with Crippen LogP contribution in [0.5, 0.6) is 0 Å². The van der Waals surface area contributed by atoms with E-state index in [1.54, 1.807) is 12.1 Å². The molecule has 1 saturated carbocycles. The van der Waals surface area contributed by atoms with Gasteiger partial charge in [0.1, 0.15) is 0 Å². The van der Waals surface area contributed by atoms with Gasteiger partial charge in [0.2, 0.25) is 0 Å². The van der Waals surface area contributed by atoms with E-state index in [4.69, 9.17) is 10.9 Å². The molecule has 2 rings (SSSR count). The first-order chi connectivity index (χ1) is 10.2. The largest absolute Gasteiger partial charge is 0.396 e. The lowest BCUT2D eigenvalue weighted by molar-refractivity contribution is 0.0953. The number of aliphatic hydroxyl groups is 1. The molecule has 21 heavy (non-hydrogen) atoms. The Morgan fingerprint density at radius 1 is 1.48 bits per heavy atom. The summed E-state index contributed by atoms with van der Waals surface area (Å²) in [6.45, 7) is 1.95. The number of nitrogen functional groups attached to an aromatic ring is 1. The third kappa shape index (κ3) is 4.26. The lowest BCUT2D eigenvalue weighted by atomic mass is 9.91. The van der Waals surface area contributed by atoms with E-state index >= 15 is 0 Å². The van der Waals surface area contributed by atoms with Crippen molar-refractivity contribution >= 4 is 21.8 Å². The molecule has 1 aromatic rings. The van der Waals surface area contributed by atoms with Crippen LogP contribution in [0.1, 0.15) is 41.6 Å². The molecule has 5 nitrogen and oxygen atoms in total. The number of halogens is 1. The number of nitrogens with one attached hydrogen (secondary N) is 1. The molecule has 0 aliphatic heterocycles. The predicted molar refractivity (Wildman–Crippen MR) is 85.5 cm³/mol. The second-order valence-corrected chi connectivity index (χ2v) is 6.27. The molecule has 1 amide bonds. The summed E-state index contributed by atoms with van der Waals surface area (Å²) in [6, 6.07) is 6.16. The van der Waals surface area contributed by atoms with Gasteiger partial charge in [0.15, 0.2) is 0 Å². The highest BCUT2D eigenvalue weighted by atomic mass is 79.9. The summed E-state index contributed by atoms with van der Waals surface area (Å²) in [7, 11) is 0. The zero-order chi connectivity index (χ0) is 15.2. The van der Waals surface area contributed by atoms with E-state index in [1.165, 1.54) is 19.3 Å². The summed E-state index contributed by atoms with van der Waals surface area (Å²) in [5.74, 6) is 4.85. The molecule has 1 aliphatic carbocycles. The zero-order valence-electron chi connectivity index (χ0n) is 12.0. The number of benzene rings is 1. The summed E-state index contributed by atoms with van der Waals surface area (Å²) < 4.78 is 0.914. The van der Waals surface area contributed by atoms with Crippen LogP contribution in [-0.4, -0.2) is 35.1 Å². The molecular weight excluding hydrogens is 334 g/mol. The Labute approximate surface area is 133 Å². The van der Waals surface area contributed by atoms with Crippen LogP contribution < -0.4 is 11.3 Å². The van der Waals surface area contributed by atoms with Gasteiger partial charge in [-0.25, -0.2) is 5.84 Å². The molecule has 0 spiro atoms. The average Bonchev–Trinajstić information content (AvgIpc) is 2.43. The van der Waals surface area contributed by atoms with Crippen molar-refractivity contribution in [2.24, 2.45) is 5.84 Å². The van der Waals surface area contributed by atoms with Crippen LogP contribution in [0.25, 0.3) is 0 Å². The number of hydrogen-bond donors (Lipinski definition) is 3. The van der Waals surface area contributed by atoms with E-state index in [-0.39, 0.29) is 12.5 Å². The number of rotatable bonds is 7. The molecule has 0 atom stereocenters. The van der Waals surface area contributed by atoms with Crippen molar-refractivity contribution in [3.8, 4) is 0 Å². The van der Waals surface area contributed by atoms with Gasteiger partial charge in [0.05, 0.1) is 0 Å². The quantitative estimate of drug-likeness (QED) is 0.395. The Kier molecular flexibility index (Phi) is 6.17. The highest BCUT2D eigenvalue weighted by Gasteiger charge is 2.25. The Balaban J connectivity index is 2.07. The Morgan fingerprint density at radius 2 is 2.24 bits per heavy atom. The summed E-state index contributed by atoms with van der Waals surface area (Å²) in [6.07, 6.45) is 4.55. The van der Waals surface area contributed by atoms with Crippen LogP contribution in [0, 0.1) is 0 Å². The number of carbonyl (C=O) groups is 1. The molecule has 0 radical (unpaired) electrons. The third-order valence-corrected chi connectivity index (χ3v) is 4.75. The van der Waals surface area contributed by atoms with Crippen LogP contribution >= 0.6 is 15.9 Å². The van der Waals surface area contributed by atoms with Crippen LogP contribution in [0.4, 0.5) is 0 Å². The van der Waals surface area contributed by atoms with Crippen LogP contribution in [0.15, 0.2) is 22.7 Å². The van der Waals surface area contributed by atoms with Crippen molar-refractivity contribution in [2.45, 2.75) is 38.3 Å². The van der Waals surface area contributed by atoms with Crippen LogP contribution in [0.2, 0.25) is 0 Å². The minimum Gasteiger partial charge on any atom is -0.396 e. The zero-order valence-corrected chi connectivity index (χ0v) is 13.6. The lowest BCUT2D eigenvalue weighted by Crippen LogP contribution is -2.40. The summed E-state index contributed by atoms with van der Waals surface area (Å²) in [5.41, 5.74) is 3.82. The fourth-order valence-electron chi connectivity index (χ4n) is 2.54. The maximum Gasteiger partial charge on any atom is 0.265 e. The second-order valence-electron chi connectivity index (χ2n) is 5.41. The highest BCUT2D eigenvalue weighted by Crippen LogP contribution is 2.28. The number of hydrogen-bond acceptors (Lipinski definition) is 4. The molecular formula is C15H22BrN3O2. The maximum absolute atomic E-state index is 11.5. The molecule has 4 N–H and O–H groups in total. The standard InChI is InChI=1S/C15H22BrN3O2/c16-14-9-11(15(21)18-17)5-6-12(14)10-19(7-2-8-20)13-3-1-4-13/h5-6,9,13,20H,1-4,7-8,10,17H2,(H,18,21). The summed E-state index contributed by atoms with van der Waals surface area (Å²) >= 11 is 3.53. The molecule has 0 saturated heterocycles. The van der Waals surface area contributed by atoms with Gasteiger partial charge in [-0.2, -0.15) is 0 Å². The fourth-order valence-corrected chi connectivity index (χ4v) is 3.04. The molecule has 1 aliphatic rings. The van der Waals surface area contributed by atoms with Gasteiger partial charge in [0.25, 0.3) is 5.91 Å². The number of nitrogens with zero attached hydrogens (tertiary/aromatic N) is 1. The molecule has 6 heteroatoms. The van der Waals surface area contributed by atoms with Gasteiger partial charge in [-0.1, -0.05) is 28.4 Å². The van der Waals surface area contributed by atoms with Crippen molar-refractivity contribution in [3.05, 3.63) is 33.8 Å². The first kappa shape index (κ1) is 16.4. The third-order valence-electron chi connectivity index (χ3n) is 4.01. The van der Waals surface area contributed by atoms with E-state index in [0.717, 1.165) is 29.5 Å². The number of nitrogens with two attached hydrogens (primary N) is 1. The Hall–Kier alpha value is -0.950. The fraction of sp³-hybridized carbons (Fsp3) is 0.533. The number of amides is 1. The number of carbonyl (C=O) groups excluding carboxylic acids is 1. The van der Waals surface area contributed by atoms with Crippen molar-refractivity contribution in [1.82, 2.24) is 10.3 Å². The van der Waals surface area contributed by atoms with Crippen molar-refractivity contribution < 1.29 is 9.90 Å². The predicted octanol–water partition coefficient (Wildman–Crippen LogP) is 1.79. The molecule has 1 aromatic carbocycles. The van der Waals surface area contributed by atoms with Gasteiger partial charge in [0, 0.05) is 35.8 Å². The molecule has 0 heterocycles. The van der Waals surface area contributed by atoms with Gasteiger partial charge in [-0.05, 0) is 37.0 Å². The minimum absolute atomic E-state index is 0.222. The van der Waals surface area contributed by atoms with E-state index < -0.39 is 0 Å². The van der Waals surface area contributed by atoms with E-state index in [0.29, 0.717) is 11.6 Å². The topological polar surface area (TPSA) is 78.6 Å². The van der Waals surface area contributed by atoms with Crippen molar-refractivity contribution in [3.63, 3.8) is 0 Å². The van der Waals surface area contributed by atoms with Gasteiger partial charge >= 0.3 is 0 Å². The lowest BCUT2D eigenvalue weighted by Gasteiger charge is -2.37. The van der Waals surface area contributed by atoms with Gasteiger partial charge in [-0.15, -0.1) is 0 Å². The SMILES string of the molecule is NNC(=O)c1ccc(CN(CCCO)C2CCC2)c(Br)c1. The van der Waals surface area contributed by atoms with Crippen LogP contribution in [0.3, 0.4) is 0 Å². The first-order valence-corrected chi connectivity index (χ1v) is 8.09. The van der Waals surface area contributed by atoms with E-state index in [9.17, 15) is 4.79 Å².